The number of pyridine rings is 1. The molecule has 2 aromatic rings. The van der Waals surface area contributed by atoms with Gasteiger partial charge in [-0.15, -0.1) is 0 Å². The van der Waals surface area contributed by atoms with Crippen LogP contribution in [0.4, 0.5) is 8.78 Å². The Morgan fingerprint density at radius 1 is 1.25 bits per heavy atom. The molecule has 5 heteroatoms. The van der Waals surface area contributed by atoms with E-state index in [0.29, 0.717) is 11.3 Å². The zero-order valence-corrected chi connectivity index (χ0v) is 11.2. The first kappa shape index (κ1) is 14.4. The zero-order chi connectivity index (χ0) is 14.8. The van der Waals surface area contributed by atoms with Crippen molar-refractivity contribution in [1.82, 2.24) is 4.98 Å². The summed E-state index contributed by atoms with van der Waals surface area (Å²) in [5, 5.41) is 10.4. The minimum atomic E-state index is -1.31. The highest BCUT2D eigenvalue weighted by Gasteiger charge is 2.25. The quantitative estimate of drug-likeness (QED) is 0.935. The van der Waals surface area contributed by atoms with Crippen molar-refractivity contribution < 1.29 is 18.6 Å². The fourth-order valence-electron chi connectivity index (χ4n) is 2.00. The van der Waals surface area contributed by atoms with E-state index in [-0.39, 0.29) is 12.2 Å². The maximum absolute atomic E-state index is 13.6. The van der Waals surface area contributed by atoms with Crippen LogP contribution in [0.15, 0.2) is 36.5 Å². The summed E-state index contributed by atoms with van der Waals surface area (Å²) in [6, 6.07) is 7.11. The molecule has 0 amide bonds. The minimum absolute atomic E-state index is 0.147. The van der Waals surface area contributed by atoms with Crippen molar-refractivity contribution in [2.45, 2.75) is 18.9 Å². The predicted molar refractivity (Wildman–Crippen MR) is 70.4 cm³/mol. The third kappa shape index (κ3) is 3.11. The van der Waals surface area contributed by atoms with E-state index >= 15 is 0 Å². The number of halogens is 2. The second kappa shape index (κ2) is 5.54. The first-order valence-electron chi connectivity index (χ1n) is 6.09. The van der Waals surface area contributed by atoms with Gasteiger partial charge < -0.3 is 9.84 Å². The Morgan fingerprint density at radius 3 is 2.55 bits per heavy atom. The van der Waals surface area contributed by atoms with Gasteiger partial charge in [-0.25, -0.2) is 8.78 Å². The summed E-state index contributed by atoms with van der Waals surface area (Å²) in [5.74, 6) is -0.818. The Morgan fingerprint density at radius 2 is 2.00 bits per heavy atom. The second-order valence-corrected chi connectivity index (χ2v) is 4.78. The van der Waals surface area contributed by atoms with Gasteiger partial charge in [-0.1, -0.05) is 6.07 Å². The molecule has 106 valence electrons. The lowest BCUT2D eigenvalue weighted by Gasteiger charge is -2.23. The van der Waals surface area contributed by atoms with Crippen LogP contribution < -0.4 is 4.74 Å². The maximum Gasteiger partial charge on any atom is 0.165 e. The van der Waals surface area contributed by atoms with Crippen LogP contribution in [-0.4, -0.2) is 17.2 Å². The van der Waals surface area contributed by atoms with Crippen molar-refractivity contribution in [2.24, 2.45) is 0 Å². The Kier molecular flexibility index (Phi) is 3.99. The van der Waals surface area contributed by atoms with Gasteiger partial charge in [-0.05, 0) is 36.8 Å². The first-order chi connectivity index (χ1) is 9.42. The van der Waals surface area contributed by atoms with Gasteiger partial charge in [0.25, 0.3) is 0 Å². The van der Waals surface area contributed by atoms with Crippen LogP contribution >= 0.6 is 0 Å². The Balaban J connectivity index is 2.23. The van der Waals surface area contributed by atoms with Crippen molar-refractivity contribution in [3.05, 3.63) is 59.4 Å². The van der Waals surface area contributed by atoms with Crippen LogP contribution in [0.1, 0.15) is 18.2 Å². The smallest absolute Gasteiger partial charge is 0.165 e. The molecule has 0 bridgehead atoms. The molecule has 0 aliphatic carbocycles. The predicted octanol–water partition coefficient (Wildman–Crippen LogP) is 2.82. The fourth-order valence-corrected chi connectivity index (χ4v) is 2.00. The highest BCUT2D eigenvalue weighted by Crippen LogP contribution is 2.26. The molecule has 1 unspecified atom stereocenters. The molecular weight excluding hydrogens is 264 g/mol. The molecule has 1 aromatic carbocycles. The molecule has 3 nitrogen and oxygen atoms in total. The van der Waals surface area contributed by atoms with Crippen molar-refractivity contribution in [3.8, 4) is 5.75 Å². The Hall–Kier alpha value is -2.01. The van der Waals surface area contributed by atoms with Crippen LogP contribution in [0.3, 0.4) is 0 Å². The number of ether oxygens (including phenoxy) is 1. The molecule has 1 atom stereocenters. The number of aromatic nitrogens is 1. The van der Waals surface area contributed by atoms with Gasteiger partial charge in [0, 0.05) is 6.42 Å². The fraction of sp³-hybridized carbons (Fsp3) is 0.267. The lowest BCUT2D eigenvalue weighted by atomic mass is 9.92. The van der Waals surface area contributed by atoms with E-state index < -0.39 is 17.2 Å². The summed E-state index contributed by atoms with van der Waals surface area (Å²) in [6.07, 6.45) is 1.20. The summed E-state index contributed by atoms with van der Waals surface area (Å²) in [7, 11) is 1.39. The van der Waals surface area contributed by atoms with Crippen LogP contribution in [0.25, 0.3) is 0 Å². The standard InChI is InChI=1S/C15H15F2NO2/c1-15(19,14-6-4-11(16)9-18-14)8-10-3-5-13(20-2)12(17)7-10/h3-7,9,19H,8H2,1-2H3. The van der Waals surface area contributed by atoms with Crippen LogP contribution in [0.5, 0.6) is 5.75 Å². The summed E-state index contributed by atoms with van der Waals surface area (Å²) in [4.78, 5) is 3.86. The van der Waals surface area contributed by atoms with Crippen molar-refractivity contribution in [2.75, 3.05) is 7.11 Å². The van der Waals surface area contributed by atoms with Crippen molar-refractivity contribution in [1.29, 1.82) is 0 Å². The van der Waals surface area contributed by atoms with Gasteiger partial charge >= 0.3 is 0 Å². The Bertz CT molecular complexity index is 597. The topological polar surface area (TPSA) is 42.4 Å². The molecule has 0 saturated carbocycles. The summed E-state index contributed by atoms with van der Waals surface area (Å²) >= 11 is 0. The highest BCUT2D eigenvalue weighted by atomic mass is 19.1. The van der Waals surface area contributed by atoms with E-state index in [1.165, 1.54) is 31.4 Å². The highest BCUT2D eigenvalue weighted by molar-refractivity contribution is 5.31. The minimum Gasteiger partial charge on any atom is -0.494 e. The number of hydrogen-bond acceptors (Lipinski definition) is 3. The van der Waals surface area contributed by atoms with E-state index in [1.807, 2.05) is 0 Å². The molecule has 1 aromatic heterocycles. The largest absolute Gasteiger partial charge is 0.494 e. The van der Waals surface area contributed by atoms with Crippen molar-refractivity contribution in [3.63, 3.8) is 0 Å². The number of benzene rings is 1. The van der Waals surface area contributed by atoms with Crippen LogP contribution in [0, 0.1) is 11.6 Å². The number of aliphatic hydroxyl groups is 1. The van der Waals surface area contributed by atoms with Gasteiger partial charge in [0.2, 0.25) is 0 Å². The third-order valence-electron chi connectivity index (χ3n) is 3.04. The van der Waals surface area contributed by atoms with E-state index in [1.54, 1.807) is 13.0 Å². The molecule has 0 spiro atoms. The number of nitrogens with zero attached hydrogens (tertiary/aromatic N) is 1. The average Bonchev–Trinajstić information content (AvgIpc) is 2.39. The number of hydrogen-bond donors (Lipinski definition) is 1. The normalized spacial score (nSPS) is 13.8. The van der Waals surface area contributed by atoms with Crippen LogP contribution in [0.2, 0.25) is 0 Å². The lowest BCUT2D eigenvalue weighted by molar-refractivity contribution is 0.0528. The molecule has 1 heterocycles. The van der Waals surface area contributed by atoms with Crippen LogP contribution in [-0.2, 0) is 12.0 Å². The van der Waals surface area contributed by atoms with Gasteiger partial charge in [-0.2, -0.15) is 0 Å². The average molecular weight is 279 g/mol. The first-order valence-corrected chi connectivity index (χ1v) is 6.09. The summed E-state index contributed by atoms with van der Waals surface area (Å²) in [6.45, 7) is 1.55. The molecule has 20 heavy (non-hydrogen) atoms. The summed E-state index contributed by atoms with van der Waals surface area (Å²) < 4.78 is 31.3. The SMILES string of the molecule is COc1ccc(CC(C)(O)c2ccc(F)cn2)cc1F. The molecule has 0 fully saturated rings. The maximum atomic E-state index is 13.6. The molecule has 2 rings (SSSR count). The van der Waals surface area contributed by atoms with E-state index in [4.69, 9.17) is 4.74 Å². The second-order valence-electron chi connectivity index (χ2n) is 4.78. The van der Waals surface area contributed by atoms with Crippen molar-refractivity contribution >= 4 is 0 Å². The number of methoxy groups -OCH3 is 1. The number of rotatable bonds is 4. The zero-order valence-electron chi connectivity index (χ0n) is 11.2. The molecule has 0 radical (unpaired) electrons. The lowest BCUT2D eigenvalue weighted by Crippen LogP contribution is -2.25. The third-order valence-corrected chi connectivity index (χ3v) is 3.04. The molecule has 0 aliphatic rings. The summed E-state index contributed by atoms with van der Waals surface area (Å²) in [5.41, 5.74) is -0.385. The monoisotopic (exact) mass is 279 g/mol. The van der Waals surface area contributed by atoms with Gasteiger partial charge in [0.1, 0.15) is 11.4 Å². The van der Waals surface area contributed by atoms with Gasteiger partial charge in [-0.3, -0.25) is 4.98 Å². The van der Waals surface area contributed by atoms with E-state index in [2.05, 4.69) is 4.98 Å². The molecular formula is C15H15F2NO2. The van der Waals surface area contributed by atoms with E-state index in [0.717, 1.165) is 6.20 Å². The molecule has 0 saturated heterocycles. The van der Waals surface area contributed by atoms with Gasteiger partial charge in [0.15, 0.2) is 11.6 Å². The molecule has 0 aliphatic heterocycles. The van der Waals surface area contributed by atoms with E-state index in [9.17, 15) is 13.9 Å². The molecule has 1 N–H and O–H groups in total. The van der Waals surface area contributed by atoms with Gasteiger partial charge in [0.05, 0.1) is 19.0 Å². The Labute approximate surface area is 115 Å².